The molecule has 1 aromatic heterocycles. The van der Waals surface area contributed by atoms with Crippen molar-refractivity contribution < 1.29 is 19.4 Å². The van der Waals surface area contributed by atoms with E-state index < -0.39 is 6.29 Å². The van der Waals surface area contributed by atoms with Crippen molar-refractivity contribution in [2.75, 3.05) is 17.6 Å². The van der Waals surface area contributed by atoms with Crippen molar-refractivity contribution >= 4 is 23.5 Å². The Balaban J connectivity index is 1.54. The van der Waals surface area contributed by atoms with Gasteiger partial charge in [-0.05, 0) is 30.2 Å². The van der Waals surface area contributed by atoms with Gasteiger partial charge in [-0.15, -0.1) is 0 Å². The number of aliphatic hydroxyl groups excluding tert-OH is 1. The van der Waals surface area contributed by atoms with Gasteiger partial charge in [-0.1, -0.05) is 55.1 Å². The molecular formula is C26H32N4O4S. The molecule has 4 atom stereocenters. The van der Waals surface area contributed by atoms with E-state index >= 15 is 0 Å². The van der Waals surface area contributed by atoms with Crippen molar-refractivity contribution in [3.63, 3.8) is 0 Å². The summed E-state index contributed by atoms with van der Waals surface area (Å²) < 4.78 is 14.9. The van der Waals surface area contributed by atoms with Gasteiger partial charge in [0.2, 0.25) is 0 Å². The zero-order chi connectivity index (χ0) is 24.8. The van der Waals surface area contributed by atoms with Crippen LogP contribution in [-0.2, 0) is 23.1 Å². The zero-order valence-electron chi connectivity index (χ0n) is 20.2. The molecule has 1 aliphatic heterocycles. The molecule has 0 unspecified atom stereocenters. The van der Waals surface area contributed by atoms with E-state index in [-0.39, 0.29) is 30.8 Å². The summed E-state index contributed by atoms with van der Waals surface area (Å²) in [6.07, 6.45) is 2.91. The summed E-state index contributed by atoms with van der Waals surface area (Å²) in [5, 5.41) is 15.9. The van der Waals surface area contributed by atoms with Gasteiger partial charge in [0.25, 0.3) is 0 Å². The summed E-state index contributed by atoms with van der Waals surface area (Å²) in [5.41, 5.74) is 3.48. The number of urea groups is 1. The predicted molar refractivity (Wildman–Crippen MR) is 136 cm³/mol. The highest BCUT2D eigenvalue weighted by atomic mass is 32.2. The molecule has 8 nitrogen and oxygen atoms in total. The fraction of sp³-hybridized carbons (Fsp3) is 0.385. The Morgan fingerprint density at radius 2 is 1.83 bits per heavy atom. The molecule has 0 bridgehead atoms. The molecule has 0 radical (unpaired) electrons. The lowest BCUT2D eigenvalue weighted by molar-refractivity contribution is -0.268. The standard InChI is InChI=1S/C26H32N4O4S/c1-4-27-25(32)29-21-11-9-20(10-12-21)24-33-22(16-35-26-28-13-14-30(26)3)17(2)23(34-24)19-7-5-18(15-31)6-8-19/h5-14,17,22-24,31H,4,15-16H2,1-3H3,(H2,27,29,32)/t17-,22+,23+,24+/m0/s1. The number of benzene rings is 2. The highest BCUT2D eigenvalue weighted by Gasteiger charge is 2.38. The minimum Gasteiger partial charge on any atom is -0.392 e. The van der Waals surface area contributed by atoms with E-state index in [0.29, 0.717) is 12.2 Å². The number of hydrogen-bond acceptors (Lipinski definition) is 6. The molecule has 0 aliphatic carbocycles. The van der Waals surface area contributed by atoms with E-state index in [1.807, 2.05) is 73.3 Å². The number of nitrogens with one attached hydrogen (secondary N) is 2. The Bertz CT molecular complexity index is 1100. The second-order valence-corrected chi connectivity index (χ2v) is 9.55. The Labute approximate surface area is 210 Å². The Morgan fingerprint density at radius 3 is 2.46 bits per heavy atom. The predicted octanol–water partition coefficient (Wildman–Crippen LogP) is 4.64. The van der Waals surface area contributed by atoms with Crippen LogP contribution in [0.25, 0.3) is 0 Å². The average molecular weight is 497 g/mol. The maximum Gasteiger partial charge on any atom is 0.319 e. The van der Waals surface area contributed by atoms with Gasteiger partial charge >= 0.3 is 6.03 Å². The van der Waals surface area contributed by atoms with Crippen molar-refractivity contribution in [2.45, 2.75) is 44.1 Å². The van der Waals surface area contributed by atoms with Crippen molar-refractivity contribution in [2.24, 2.45) is 13.0 Å². The number of imidazole rings is 1. The number of anilines is 1. The number of ether oxygens (including phenoxy) is 2. The highest BCUT2D eigenvalue weighted by molar-refractivity contribution is 7.99. The third-order valence-electron chi connectivity index (χ3n) is 6.06. The first-order valence-electron chi connectivity index (χ1n) is 11.7. The molecule has 3 N–H and O–H groups in total. The lowest BCUT2D eigenvalue weighted by Gasteiger charge is -2.41. The SMILES string of the molecule is CCNC(=O)Nc1ccc([C@@H]2O[C@H](CSc3nccn3C)[C@H](C)[C@H](c3ccc(CO)cc3)O2)cc1. The van der Waals surface area contributed by atoms with Crippen LogP contribution < -0.4 is 10.6 Å². The van der Waals surface area contributed by atoms with Crippen LogP contribution >= 0.6 is 11.8 Å². The lowest BCUT2D eigenvalue weighted by atomic mass is 9.91. The van der Waals surface area contributed by atoms with Crippen LogP contribution in [0.2, 0.25) is 0 Å². The number of aryl methyl sites for hydroxylation is 1. The van der Waals surface area contributed by atoms with Crippen LogP contribution in [0.3, 0.4) is 0 Å². The summed E-state index contributed by atoms with van der Waals surface area (Å²) in [6, 6.07) is 15.2. The van der Waals surface area contributed by atoms with E-state index in [2.05, 4.69) is 22.5 Å². The van der Waals surface area contributed by atoms with Crippen molar-refractivity contribution in [3.8, 4) is 0 Å². The number of amides is 2. The monoisotopic (exact) mass is 496 g/mol. The fourth-order valence-electron chi connectivity index (χ4n) is 4.02. The first kappa shape index (κ1) is 25.2. The number of aromatic nitrogens is 2. The molecule has 1 aliphatic rings. The zero-order valence-corrected chi connectivity index (χ0v) is 21.0. The van der Waals surface area contributed by atoms with Crippen LogP contribution in [-0.4, -0.2) is 39.1 Å². The molecule has 1 fully saturated rings. The quantitative estimate of drug-likeness (QED) is 0.393. The maximum absolute atomic E-state index is 11.8. The summed E-state index contributed by atoms with van der Waals surface area (Å²) in [6.45, 7) is 4.58. The number of carbonyl (C=O) groups excluding carboxylic acids is 1. The molecule has 4 rings (SSSR count). The topological polar surface area (TPSA) is 97.6 Å². The van der Waals surface area contributed by atoms with Crippen molar-refractivity contribution in [1.82, 2.24) is 14.9 Å². The Kier molecular flexibility index (Phi) is 8.46. The van der Waals surface area contributed by atoms with E-state index in [4.69, 9.17) is 9.47 Å². The van der Waals surface area contributed by atoms with Crippen LogP contribution in [0.4, 0.5) is 10.5 Å². The first-order chi connectivity index (χ1) is 17.0. The number of rotatable bonds is 8. The molecule has 2 amide bonds. The summed E-state index contributed by atoms with van der Waals surface area (Å²) >= 11 is 1.66. The smallest absolute Gasteiger partial charge is 0.319 e. The maximum atomic E-state index is 11.8. The average Bonchev–Trinajstić information content (AvgIpc) is 3.28. The first-order valence-corrected chi connectivity index (χ1v) is 12.7. The molecule has 3 aromatic rings. The van der Waals surface area contributed by atoms with Gasteiger partial charge in [0.05, 0.1) is 18.8 Å². The van der Waals surface area contributed by atoms with Gasteiger partial charge in [0, 0.05) is 48.9 Å². The van der Waals surface area contributed by atoms with E-state index in [1.165, 1.54) is 0 Å². The van der Waals surface area contributed by atoms with Crippen molar-refractivity contribution in [3.05, 3.63) is 77.6 Å². The van der Waals surface area contributed by atoms with Crippen LogP contribution in [0.15, 0.2) is 66.1 Å². The Hall–Kier alpha value is -2.85. The van der Waals surface area contributed by atoms with Crippen molar-refractivity contribution in [1.29, 1.82) is 0 Å². The third-order valence-corrected chi connectivity index (χ3v) is 7.20. The molecule has 0 saturated carbocycles. The normalized spacial score (nSPS) is 22.1. The van der Waals surface area contributed by atoms with Crippen LogP contribution in [0.5, 0.6) is 0 Å². The number of aliphatic hydroxyl groups is 1. The molecular weight excluding hydrogens is 464 g/mol. The number of hydrogen-bond donors (Lipinski definition) is 3. The fourth-order valence-corrected chi connectivity index (χ4v) is 5.11. The highest BCUT2D eigenvalue weighted by Crippen LogP contribution is 2.43. The van der Waals surface area contributed by atoms with Gasteiger partial charge in [0.15, 0.2) is 11.4 Å². The minimum absolute atomic E-state index is 0.00663. The second-order valence-electron chi connectivity index (χ2n) is 8.56. The third kappa shape index (κ3) is 6.24. The molecule has 9 heteroatoms. The Morgan fingerprint density at radius 1 is 1.11 bits per heavy atom. The summed E-state index contributed by atoms with van der Waals surface area (Å²) in [7, 11) is 1.98. The molecule has 1 saturated heterocycles. The van der Waals surface area contributed by atoms with Crippen LogP contribution in [0, 0.1) is 5.92 Å². The number of nitrogens with zero attached hydrogens (tertiary/aromatic N) is 2. The largest absolute Gasteiger partial charge is 0.392 e. The molecule has 2 heterocycles. The molecule has 0 spiro atoms. The molecule has 2 aromatic carbocycles. The van der Waals surface area contributed by atoms with Gasteiger partial charge in [-0.2, -0.15) is 0 Å². The van der Waals surface area contributed by atoms with Gasteiger partial charge in [0.1, 0.15) is 0 Å². The van der Waals surface area contributed by atoms with E-state index in [1.54, 1.807) is 18.0 Å². The molecule has 186 valence electrons. The summed E-state index contributed by atoms with van der Waals surface area (Å²) in [4.78, 5) is 16.2. The van der Waals surface area contributed by atoms with E-state index in [0.717, 1.165) is 27.6 Å². The molecule has 35 heavy (non-hydrogen) atoms. The summed E-state index contributed by atoms with van der Waals surface area (Å²) in [5.74, 6) is 0.825. The van der Waals surface area contributed by atoms with Gasteiger partial charge in [-0.25, -0.2) is 9.78 Å². The van der Waals surface area contributed by atoms with Gasteiger partial charge in [-0.3, -0.25) is 0 Å². The van der Waals surface area contributed by atoms with E-state index in [9.17, 15) is 9.90 Å². The minimum atomic E-state index is -0.556. The number of carbonyl (C=O) groups is 1. The lowest BCUT2D eigenvalue weighted by Crippen LogP contribution is -2.38. The van der Waals surface area contributed by atoms with Gasteiger partial charge < -0.3 is 29.8 Å². The van der Waals surface area contributed by atoms with Crippen LogP contribution in [0.1, 0.15) is 42.9 Å². The number of thioether (sulfide) groups is 1. The second kappa shape index (κ2) is 11.7.